The molecule has 3 nitrogen and oxygen atoms in total. The van der Waals surface area contributed by atoms with Crippen LogP contribution in [0.1, 0.15) is 0 Å². The average Bonchev–Trinajstić information content (AvgIpc) is 2.62. The number of aromatic amines is 1. The third-order valence-corrected chi connectivity index (χ3v) is 2.86. The van der Waals surface area contributed by atoms with E-state index in [2.05, 4.69) is 21.0 Å². The maximum Gasteiger partial charge on any atom is 0.144 e. The summed E-state index contributed by atoms with van der Waals surface area (Å²) in [5.74, 6) is 0. The fourth-order valence-corrected chi connectivity index (χ4v) is 2.26. The van der Waals surface area contributed by atoms with Crippen LogP contribution >= 0.6 is 11.3 Å². The first-order valence-electron chi connectivity index (χ1n) is 3.62. The lowest BCUT2D eigenvalue weighted by Crippen LogP contribution is -1.68. The lowest BCUT2D eigenvalue weighted by molar-refractivity contribution is 1.35. The second kappa shape index (κ2) is 2.04. The molecule has 3 rings (SSSR count). The van der Waals surface area contributed by atoms with E-state index in [0.717, 1.165) is 20.6 Å². The van der Waals surface area contributed by atoms with Gasteiger partial charge >= 0.3 is 0 Å². The molecular weight excluding hydrogens is 170 g/mol. The molecule has 0 amide bonds. The Morgan fingerprint density at radius 1 is 1.25 bits per heavy atom. The van der Waals surface area contributed by atoms with Crippen molar-refractivity contribution in [3.63, 3.8) is 0 Å². The van der Waals surface area contributed by atoms with E-state index in [9.17, 15) is 0 Å². The topological polar surface area (TPSA) is 41.6 Å². The van der Waals surface area contributed by atoms with Crippen molar-refractivity contribution < 1.29 is 0 Å². The summed E-state index contributed by atoms with van der Waals surface area (Å²) < 4.78 is 0. The van der Waals surface area contributed by atoms with Crippen LogP contribution in [0, 0.1) is 0 Å². The Kier molecular flexibility index (Phi) is 1.04. The quantitative estimate of drug-likeness (QED) is 0.569. The maximum absolute atomic E-state index is 4.25. The van der Waals surface area contributed by atoms with Crippen LogP contribution in [-0.4, -0.2) is 15.0 Å². The summed E-state index contributed by atoms with van der Waals surface area (Å²) in [6, 6.07) is 3.99. The van der Waals surface area contributed by atoms with Crippen molar-refractivity contribution in [2.45, 2.75) is 0 Å². The average molecular weight is 175 g/mol. The Morgan fingerprint density at radius 2 is 2.25 bits per heavy atom. The summed E-state index contributed by atoms with van der Waals surface area (Å²) in [6.45, 7) is 0. The molecule has 0 aliphatic heterocycles. The van der Waals surface area contributed by atoms with Crippen LogP contribution < -0.4 is 0 Å². The number of thiophene rings is 1. The van der Waals surface area contributed by atoms with Crippen LogP contribution in [-0.2, 0) is 0 Å². The third-order valence-electron chi connectivity index (χ3n) is 1.84. The summed E-state index contributed by atoms with van der Waals surface area (Å²) in [5, 5.41) is 1.16. The first-order chi connectivity index (χ1) is 5.95. The molecule has 0 aromatic carbocycles. The first-order valence-corrected chi connectivity index (χ1v) is 4.43. The Hall–Kier alpha value is -1.42. The molecule has 0 spiro atoms. The van der Waals surface area contributed by atoms with E-state index in [1.54, 1.807) is 23.9 Å². The zero-order valence-electron chi connectivity index (χ0n) is 6.11. The Labute approximate surface area is 72.1 Å². The Bertz CT molecular complexity index is 536. The van der Waals surface area contributed by atoms with Crippen molar-refractivity contribution in [2.24, 2.45) is 0 Å². The van der Waals surface area contributed by atoms with Crippen LogP contribution in [0.5, 0.6) is 0 Å². The summed E-state index contributed by atoms with van der Waals surface area (Å²) in [6.07, 6.45) is 3.52. The summed E-state index contributed by atoms with van der Waals surface area (Å²) >= 11 is 1.61. The van der Waals surface area contributed by atoms with Crippen molar-refractivity contribution in [2.75, 3.05) is 0 Å². The van der Waals surface area contributed by atoms with E-state index in [0.29, 0.717) is 0 Å². The minimum atomic E-state index is 1.03. The Morgan fingerprint density at radius 3 is 3.25 bits per heavy atom. The lowest BCUT2D eigenvalue weighted by atomic mass is 10.3. The molecule has 3 heterocycles. The number of rotatable bonds is 0. The molecular formula is C8H5N3S. The van der Waals surface area contributed by atoms with Gasteiger partial charge in [-0.3, -0.25) is 0 Å². The second-order valence-corrected chi connectivity index (χ2v) is 3.52. The normalized spacial score (nSPS) is 11.3. The highest BCUT2D eigenvalue weighted by atomic mass is 32.1. The van der Waals surface area contributed by atoms with E-state index in [1.165, 1.54) is 0 Å². The van der Waals surface area contributed by atoms with Gasteiger partial charge in [0.05, 0.1) is 11.8 Å². The molecule has 3 aromatic rings. The molecule has 0 saturated carbocycles. The lowest BCUT2D eigenvalue weighted by Gasteiger charge is -1.84. The number of pyridine rings is 1. The standard InChI is InChI=1S/C8H5N3S/c1-2-5-6-8(11-4-10-6)12-7(5)9-3-1/h1-4H,(H,10,11). The molecule has 0 fully saturated rings. The van der Waals surface area contributed by atoms with Crippen molar-refractivity contribution in [3.05, 3.63) is 24.7 Å². The maximum atomic E-state index is 4.25. The highest BCUT2D eigenvalue weighted by Crippen LogP contribution is 2.28. The van der Waals surface area contributed by atoms with Crippen LogP contribution in [0.2, 0.25) is 0 Å². The highest BCUT2D eigenvalue weighted by molar-refractivity contribution is 7.25. The molecule has 3 aromatic heterocycles. The molecule has 12 heavy (non-hydrogen) atoms. The van der Waals surface area contributed by atoms with Crippen molar-refractivity contribution in [1.29, 1.82) is 0 Å². The first kappa shape index (κ1) is 6.14. The van der Waals surface area contributed by atoms with Gasteiger partial charge in [0, 0.05) is 11.6 Å². The van der Waals surface area contributed by atoms with Gasteiger partial charge in [-0.05, 0) is 12.1 Å². The predicted octanol–water partition coefficient (Wildman–Crippen LogP) is 2.17. The van der Waals surface area contributed by atoms with Gasteiger partial charge in [-0.2, -0.15) is 0 Å². The van der Waals surface area contributed by atoms with Gasteiger partial charge < -0.3 is 4.98 Å². The van der Waals surface area contributed by atoms with Crippen molar-refractivity contribution in [1.82, 2.24) is 15.0 Å². The number of aromatic nitrogens is 3. The van der Waals surface area contributed by atoms with Gasteiger partial charge in [0.2, 0.25) is 0 Å². The third kappa shape index (κ3) is 0.648. The van der Waals surface area contributed by atoms with Crippen LogP contribution in [0.25, 0.3) is 20.6 Å². The van der Waals surface area contributed by atoms with Gasteiger partial charge in [-0.1, -0.05) is 11.3 Å². The van der Waals surface area contributed by atoms with Crippen molar-refractivity contribution >= 4 is 31.9 Å². The van der Waals surface area contributed by atoms with E-state index in [4.69, 9.17) is 0 Å². The molecule has 0 atom stereocenters. The van der Waals surface area contributed by atoms with E-state index < -0.39 is 0 Å². The molecule has 0 bridgehead atoms. The molecule has 0 unspecified atom stereocenters. The van der Waals surface area contributed by atoms with Gasteiger partial charge in [0.15, 0.2) is 0 Å². The smallest absolute Gasteiger partial charge is 0.144 e. The molecule has 0 aliphatic rings. The van der Waals surface area contributed by atoms with Gasteiger partial charge in [0.25, 0.3) is 0 Å². The Balaban J connectivity index is 2.68. The monoisotopic (exact) mass is 175 g/mol. The predicted molar refractivity (Wildman–Crippen MR) is 49.3 cm³/mol. The molecule has 1 N–H and O–H groups in total. The molecule has 0 aliphatic carbocycles. The van der Waals surface area contributed by atoms with Crippen LogP contribution in [0.3, 0.4) is 0 Å². The number of nitrogens with zero attached hydrogens (tertiary/aromatic N) is 2. The number of H-pyrrole nitrogens is 1. The van der Waals surface area contributed by atoms with Gasteiger partial charge in [-0.25, -0.2) is 9.97 Å². The minimum absolute atomic E-state index is 1.03. The molecule has 0 saturated heterocycles. The summed E-state index contributed by atoms with van der Waals surface area (Å²) in [5.41, 5.74) is 1.10. The largest absolute Gasteiger partial charge is 0.343 e. The molecule has 58 valence electrons. The highest BCUT2D eigenvalue weighted by Gasteiger charge is 2.05. The fourth-order valence-electron chi connectivity index (χ4n) is 1.31. The van der Waals surface area contributed by atoms with Crippen LogP contribution in [0.4, 0.5) is 0 Å². The van der Waals surface area contributed by atoms with Gasteiger partial charge in [-0.15, -0.1) is 0 Å². The number of hydrogen-bond donors (Lipinski definition) is 1. The van der Waals surface area contributed by atoms with Crippen LogP contribution in [0.15, 0.2) is 24.7 Å². The molecule has 0 radical (unpaired) electrons. The zero-order chi connectivity index (χ0) is 7.97. The number of imidazole rings is 1. The number of fused-ring (bicyclic) bond motifs is 3. The van der Waals surface area contributed by atoms with E-state index in [1.807, 2.05) is 6.07 Å². The minimum Gasteiger partial charge on any atom is -0.343 e. The second-order valence-electron chi connectivity index (χ2n) is 2.54. The van der Waals surface area contributed by atoms with Gasteiger partial charge in [0.1, 0.15) is 9.66 Å². The molecule has 4 heteroatoms. The number of hydrogen-bond acceptors (Lipinski definition) is 3. The summed E-state index contributed by atoms with van der Waals surface area (Å²) in [7, 11) is 0. The van der Waals surface area contributed by atoms with E-state index in [-0.39, 0.29) is 0 Å². The SMILES string of the molecule is c1cnc2sc3nc[nH]c3c2c1. The van der Waals surface area contributed by atoms with E-state index >= 15 is 0 Å². The summed E-state index contributed by atoms with van der Waals surface area (Å²) in [4.78, 5) is 13.6. The number of nitrogens with one attached hydrogen (secondary N) is 1. The fraction of sp³-hybridized carbons (Fsp3) is 0. The van der Waals surface area contributed by atoms with Crippen molar-refractivity contribution in [3.8, 4) is 0 Å². The zero-order valence-corrected chi connectivity index (χ0v) is 6.93.